The molecule has 0 spiro atoms. The van der Waals surface area contributed by atoms with Gasteiger partial charge in [0.1, 0.15) is 5.60 Å². The Bertz CT molecular complexity index is 762. The lowest BCUT2D eigenvalue weighted by molar-refractivity contribution is 0.102. The van der Waals surface area contributed by atoms with Gasteiger partial charge in [0, 0.05) is 4.47 Å². The first-order chi connectivity index (χ1) is 9.57. The summed E-state index contributed by atoms with van der Waals surface area (Å²) in [5.74, 6) is 0. The third-order valence-corrected chi connectivity index (χ3v) is 4.19. The molecule has 100 valence electrons. The maximum atomic E-state index is 10.9. The van der Waals surface area contributed by atoms with Crippen LogP contribution in [0.3, 0.4) is 0 Å². The van der Waals surface area contributed by atoms with Crippen molar-refractivity contribution in [2.24, 2.45) is 0 Å². The van der Waals surface area contributed by atoms with E-state index >= 15 is 0 Å². The van der Waals surface area contributed by atoms with Gasteiger partial charge in [0.2, 0.25) is 0 Å². The van der Waals surface area contributed by atoms with E-state index in [2.05, 4.69) is 40.2 Å². The zero-order valence-corrected chi connectivity index (χ0v) is 12.8. The van der Waals surface area contributed by atoms with Crippen LogP contribution in [0.1, 0.15) is 18.1 Å². The Labute approximate surface area is 127 Å². The summed E-state index contributed by atoms with van der Waals surface area (Å²) in [7, 11) is 0. The number of fused-ring (bicyclic) bond motifs is 1. The van der Waals surface area contributed by atoms with Crippen molar-refractivity contribution >= 4 is 26.7 Å². The van der Waals surface area contributed by atoms with Gasteiger partial charge in [0.05, 0.1) is 0 Å². The van der Waals surface area contributed by atoms with Crippen molar-refractivity contribution in [1.29, 1.82) is 0 Å². The Hall–Kier alpha value is -1.64. The van der Waals surface area contributed by atoms with E-state index in [-0.39, 0.29) is 0 Å². The fraction of sp³-hybridized carbons (Fsp3) is 0.111. The average molecular weight is 327 g/mol. The highest BCUT2D eigenvalue weighted by molar-refractivity contribution is 9.10. The normalized spacial score (nSPS) is 14.2. The van der Waals surface area contributed by atoms with Gasteiger partial charge >= 0.3 is 0 Å². The maximum Gasteiger partial charge on any atom is 0.112 e. The van der Waals surface area contributed by atoms with Gasteiger partial charge in [0.25, 0.3) is 0 Å². The zero-order chi connectivity index (χ0) is 14.2. The number of halogens is 1. The summed E-state index contributed by atoms with van der Waals surface area (Å²) >= 11 is 3.46. The second kappa shape index (κ2) is 5.04. The van der Waals surface area contributed by atoms with E-state index in [4.69, 9.17) is 0 Å². The van der Waals surface area contributed by atoms with Crippen LogP contribution in [0.25, 0.3) is 10.8 Å². The second-order valence-corrected chi connectivity index (χ2v) is 6.06. The molecule has 3 rings (SSSR count). The second-order valence-electron chi connectivity index (χ2n) is 5.14. The summed E-state index contributed by atoms with van der Waals surface area (Å²) in [4.78, 5) is 0. The lowest BCUT2D eigenvalue weighted by atomic mass is 9.87. The smallest absolute Gasteiger partial charge is 0.112 e. The average Bonchev–Trinajstić information content (AvgIpc) is 2.46. The standard InChI is InChI=1S/C18H15BrO/c1-18(20,15-7-4-8-17(19)12-15)16-10-9-13-5-2-3-6-14(13)11-16/h2-12,20H,1H3. The van der Waals surface area contributed by atoms with Gasteiger partial charge in [-0.15, -0.1) is 0 Å². The maximum absolute atomic E-state index is 10.9. The summed E-state index contributed by atoms with van der Waals surface area (Å²) in [5, 5.41) is 13.2. The molecule has 20 heavy (non-hydrogen) atoms. The summed E-state index contributed by atoms with van der Waals surface area (Å²) in [6, 6.07) is 22.1. The Morgan fingerprint density at radius 2 is 1.50 bits per heavy atom. The number of hydrogen-bond acceptors (Lipinski definition) is 1. The Morgan fingerprint density at radius 1 is 0.800 bits per heavy atom. The number of rotatable bonds is 2. The summed E-state index contributed by atoms with van der Waals surface area (Å²) in [6.07, 6.45) is 0. The lowest BCUT2D eigenvalue weighted by Crippen LogP contribution is -2.22. The molecule has 0 aliphatic carbocycles. The van der Waals surface area contributed by atoms with Crippen LogP contribution >= 0.6 is 15.9 Å². The van der Waals surface area contributed by atoms with E-state index in [1.54, 1.807) is 0 Å². The minimum atomic E-state index is -1.01. The van der Waals surface area contributed by atoms with Crippen LogP contribution in [-0.4, -0.2) is 5.11 Å². The number of benzene rings is 3. The van der Waals surface area contributed by atoms with E-state index in [1.165, 1.54) is 5.39 Å². The van der Waals surface area contributed by atoms with E-state index in [0.717, 1.165) is 21.0 Å². The van der Waals surface area contributed by atoms with Crippen molar-refractivity contribution in [1.82, 2.24) is 0 Å². The van der Waals surface area contributed by atoms with Crippen LogP contribution in [0.2, 0.25) is 0 Å². The molecule has 0 saturated heterocycles. The van der Waals surface area contributed by atoms with Crippen molar-refractivity contribution in [3.05, 3.63) is 82.3 Å². The fourth-order valence-electron chi connectivity index (χ4n) is 2.45. The van der Waals surface area contributed by atoms with Crippen molar-refractivity contribution in [3.63, 3.8) is 0 Å². The monoisotopic (exact) mass is 326 g/mol. The third-order valence-electron chi connectivity index (χ3n) is 3.70. The van der Waals surface area contributed by atoms with Crippen LogP contribution in [0.5, 0.6) is 0 Å². The van der Waals surface area contributed by atoms with Crippen molar-refractivity contribution in [3.8, 4) is 0 Å². The highest BCUT2D eigenvalue weighted by Gasteiger charge is 2.25. The molecule has 3 aromatic rings. The Morgan fingerprint density at radius 3 is 2.25 bits per heavy atom. The summed E-state index contributed by atoms with van der Waals surface area (Å²) in [6.45, 7) is 1.83. The van der Waals surface area contributed by atoms with Gasteiger partial charge in [-0.1, -0.05) is 64.5 Å². The first-order valence-electron chi connectivity index (χ1n) is 6.55. The van der Waals surface area contributed by atoms with Gasteiger partial charge in [-0.2, -0.15) is 0 Å². The molecular weight excluding hydrogens is 312 g/mol. The quantitative estimate of drug-likeness (QED) is 0.713. The molecule has 0 heterocycles. The van der Waals surface area contributed by atoms with Gasteiger partial charge in [-0.3, -0.25) is 0 Å². The molecular formula is C18H15BrO. The first-order valence-corrected chi connectivity index (χ1v) is 7.34. The van der Waals surface area contributed by atoms with Gasteiger partial charge in [-0.05, 0) is 47.0 Å². The molecule has 0 saturated carbocycles. The molecule has 2 heteroatoms. The molecule has 0 aliphatic rings. The van der Waals surface area contributed by atoms with Crippen LogP contribution in [0.4, 0.5) is 0 Å². The van der Waals surface area contributed by atoms with Gasteiger partial charge in [-0.25, -0.2) is 0 Å². The Kier molecular flexibility index (Phi) is 3.36. The van der Waals surface area contributed by atoms with Gasteiger partial charge < -0.3 is 5.11 Å². The zero-order valence-electron chi connectivity index (χ0n) is 11.2. The SMILES string of the molecule is CC(O)(c1cccc(Br)c1)c1ccc2ccccc2c1. The molecule has 3 aromatic carbocycles. The van der Waals surface area contributed by atoms with Crippen LogP contribution in [0, 0.1) is 0 Å². The molecule has 1 nitrogen and oxygen atoms in total. The topological polar surface area (TPSA) is 20.2 Å². The largest absolute Gasteiger partial charge is 0.381 e. The molecule has 1 unspecified atom stereocenters. The van der Waals surface area contributed by atoms with E-state index in [9.17, 15) is 5.11 Å². The van der Waals surface area contributed by atoms with E-state index < -0.39 is 5.60 Å². The number of hydrogen-bond donors (Lipinski definition) is 1. The van der Waals surface area contributed by atoms with Crippen LogP contribution in [-0.2, 0) is 5.60 Å². The minimum Gasteiger partial charge on any atom is -0.381 e. The lowest BCUT2D eigenvalue weighted by Gasteiger charge is -2.25. The van der Waals surface area contributed by atoms with E-state index in [0.29, 0.717) is 0 Å². The van der Waals surface area contributed by atoms with Crippen LogP contribution in [0.15, 0.2) is 71.2 Å². The molecule has 0 bridgehead atoms. The summed E-state index contributed by atoms with van der Waals surface area (Å²) < 4.78 is 0.969. The van der Waals surface area contributed by atoms with E-state index in [1.807, 2.05) is 49.4 Å². The molecule has 1 N–H and O–H groups in total. The predicted molar refractivity (Wildman–Crippen MR) is 86.8 cm³/mol. The number of aliphatic hydroxyl groups is 1. The summed E-state index contributed by atoms with van der Waals surface area (Å²) in [5.41, 5.74) is 0.768. The Balaban J connectivity index is 2.13. The highest BCUT2D eigenvalue weighted by Crippen LogP contribution is 2.32. The molecule has 1 atom stereocenters. The minimum absolute atomic E-state index is 0.877. The fourth-order valence-corrected chi connectivity index (χ4v) is 2.85. The van der Waals surface area contributed by atoms with Crippen molar-refractivity contribution < 1.29 is 5.11 Å². The molecule has 0 aromatic heterocycles. The molecule has 0 fully saturated rings. The molecule has 0 aliphatic heterocycles. The first kappa shape index (κ1) is 13.3. The van der Waals surface area contributed by atoms with Crippen LogP contribution < -0.4 is 0 Å². The highest BCUT2D eigenvalue weighted by atomic mass is 79.9. The van der Waals surface area contributed by atoms with Crippen molar-refractivity contribution in [2.45, 2.75) is 12.5 Å². The predicted octanol–water partition coefficient (Wildman–Crippen LogP) is 4.86. The molecule has 0 amide bonds. The van der Waals surface area contributed by atoms with Gasteiger partial charge in [0.15, 0.2) is 0 Å². The third kappa shape index (κ3) is 2.37. The van der Waals surface area contributed by atoms with Crippen molar-refractivity contribution in [2.75, 3.05) is 0 Å². The molecule has 0 radical (unpaired) electrons.